The number of carbonyl (C=O) groups excluding carboxylic acids is 2. The monoisotopic (exact) mass is 371 g/mol. The normalized spacial score (nSPS) is 25.7. The Balaban J connectivity index is 1.43. The van der Waals surface area contributed by atoms with Crippen LogP contribution in [0.15, 0.2) is 30.3 Å². The maximum Gasteiger partial charge on any atom is 0.320 e. The predicted octanol–water partition coefficient (Wildman–Crippen LogP) is 2.17. The van der Waals surface area contributed by atoms with Crippen LogP contribution in [0.1, 0.15) is 30.7 Å². The van der Waals surface area contributed by atoms with Gasteiger partial charge >= 0.3 is 6.03 Å². The molecule has 0 radical (unpaired) electrons. The van der Waals surface area contributed by atoms with Crippen LogP contribution in [-0.4, -0.2) is 79.6 Å². The molecule has 3 saturated heterocycles. The summed E-state index contributed by atoms with van der Waals surface area (Å²) in [5.74, 6) is 0.157. The fourth-order valence-electron chi connectivity index (χ4n) is 4.87. The topological polar surface area (TPSA) is 53.1 Å². The summed E-state index contributed by atoms with van der Waals surface area (Å²) in [5.41, 5.74) is 1.23. The molecule has 1 unspecified atom stereocenters. The Morgan fingerprint density at radius 3 is 2.33 bits per heavy atom. The van der Waals surface area contributed by atoms with Gasteiger partial charge in [-0.15, -0.1) is 0 Å². The summed E-state index contributed by atoms with van der Waals surface area (Å²) in [4.78, 5) is 31.3. The molecule has 0 saturated carbocycles. The van der Waals surface area contributed by atoms with Crippen molar-refractivity contribution in [2.75, 3.05) is 53.0 Å². The number of hydrogen-bond donors (Lipinski definition) is 0. The average Bonchev–Trinajstić information content (AvgIpc) is 2.72. The third kappa shape index (κ3) is 3.68. The quantitative estimate of drug-likeness (QED) is 0.760. The molecule has 1 spiro atoms. The molecule has 3 fully saturated rings. The van der Waals surface area contributed by atoms with Crippen LogP contribution in [0, 0.1) is 5.41 Å². The molecule has 146 valence electrons. The summed E-state index contributed by atoms with van der Waals surface area (Å²) < 4.78 is 5.35. The van der Waals surface area contributed by atoms with E-state index in [0.717, 1.165) is 44.5 Å². The van der Waals surface area contributed by atoms with E-state index in [9.17, 15) is 9.59 Å². The zero-order chi connectivity index (χ0) is 18.9. The van der Waals surface area contributed by atoms with Crippen molar-refractivity contribution in [1.29, 1.82) is 0 Å². The van der Waals surface area contributed by atoms with Gasteiger partial charge in [-0.1, -0.05) is 30.3 Å². The van der Waals surface area contributed by atoms with Crippen molar-refractivity contribution in [3.05, 3.63) is 35.9 Å². The number of ether oxygens (including phenoxy) is 1. The number of likely N-dealkylation sites (tertiary alicyclic amines) is 2. The Kier molecular flexibility index (Phi) is 5.08. The third-order valence-electron chi connectivity index (χ3n) is 6.46. The third-order valence-corrected chi connectivity index (χ3v) is 6.46. The molecule has 27 heavy (non-hydrogen) atoms. The van der Waals surface area contributed by atoms with Gasteiger partial charge in [0.1, 0.15) is 0 Å². The fraction of sp³-hybridized carbons (Fsp3) is 0.619. The second kappa shape index (κ2) is 7.50. The van der Waals surface area contributed by atoms with E-state index in [1.54, 1.807) is 0 Å². The lowest BCUT2D eigenvalue weighted by Crippen LogP contribution is -2.56. The van der Waals surface area contributed by atoms with E-state index in [1.807, 2.05) is 39.9 Å². The SMILES string of the molecule is CN1CC2(CCN(C(=O)N3CCOCC3)CC2)CC(c2ccccc2)C1=O. The lowest BCUT2D eigenvalue weighted by Gasteiger charge is -2.49. The summed E-state index contributed by atoms with van der Waals surface area (Å²) >= 11 is 0. The molecule has 0 bridgehead atoms. The highest BCUT2D eigenvalue weighted by atomic mass is 16.5. The molecule has 0 aromatic heterocycles. The van der Waals surface area contributed by atoms with Gasteiger partial charge in [-0.2, -0.15) is 0 Å². The van der Waals surface area contributed by atoms with E-state index in [2.05, 4.69) is 12.1 Å². The van der Waals surface area contributed by atoms with Gasteiger partial charge in [-0.25, -0.2) is 4.79 Å². The van der Waals surface area contributed by atoms with Gasteiger partial charge in [0.05, 0.1) is 19.1 Å². The van der Waals surface area contributed by atoms with E-state index in [1.165, 1.54) is 0 Å². The number of hydrogen-bond acceptors (Lipinski definition) is 3. The highest BCUT2D eigenvalue weighted by molar-refractivity contribution is 5.84. The van der Waals surface area contributed by atoms with Crippen molar-refractivity contribution in [3.63, 3.8) is 0 Å². The Morgan fingerprint density at radius 1 is 1.04 bits per heavy atom. The van der Waals surface area contributed by atoms with Crippen molar-refractivity contribution >= 4 is 11.9 Å². The summed E-state index contributed by atoms with van der Waals surface area (Å²) in [7, 11) is 1.92. The van der Waals surface area contributed by atoms with Crippen molar-refractivity contribution in [2.45, 2.75) is 25.2 Å². The van der Waals surface area contributed by atoms with Crippen molar-refractivity contribution in [2.24, 2.45) is 5.41 Å². The van der Waals surface area contributed by atoms with Crippen LogP contribution in [0.5, 0.6) is 0 Å². The van der Waals surface area contributed by atoms with E-state index >= 15 is 0 Å². The maximum absolute atomic E-state index is 12.8. The summed E-state index contributed by atoms with van der Waals surface area (Å²) in [6, 6.07) is 10.3. The fourth-order valence-corrected chi connectivity index (χ4v) is 4.87. The van der Waals surface area contributed by atoms with Gasteiger partial charge in [-0.05, 0) is 30.2 Å². The summed E-state index contributed by atoms with van der Waals surface area (Å²) in [6.07, 6.45) is 2.81. The number of nitrogens with zero attached hydrogens (tertiary/aromatic N) is 3. The number of likely N-dealkylation sites (N-methyl/N-ethyl adjacent to an activating group) is 1. The Labute approximate surface area is 161 Å². The minimum atomic E-state index is -0.0635. The highest BCUT2D eigenvalue weighted by Crippen LogP contribution is 2.45. The average molecular weight is 371 g/mol. The van der Waals surface area contributed by atoms with Gasteiger partial charge in [0.25, 0.3) is 0 Å². The van der Waals surface area contributed by atoms with E-state index in [-0.39, 0.29) is 23.3 Å². The van der Waals surface area contributed by atoms with Crippen molar-refractivity contribution < 1.29 is 14.3 Å². The van der Waals surface area contributed by atoms with Gasteiger partial charge in [0, 0.05) is 39.8 Å². The van der Waals surface area contributed by atoms with Crippen LogP contribution < -0.4 is 0 Å². The molecule has 0 N–H and O–H groups in total. The Hall–Kier alpha value is -2.08. The Bertz CT molecular complexity index is 679. The first-order valence-electron chi connectivity index (χ1n) is 10.00. The van der Waals surface area contributed by atoms with Crippen LogP contribution in [0.25, 0.3) is 0 Å². The number of benzene rings is 1. The molecular formula is C21H29N3O3. The second-order valence-corrected chi connectivity index (χ2v) is 8.23. The molecule has 1 aromatic carbocycles. The molecule has 6 nitrogen and oxygen atoms in total. The lowest BCUT2D eigenvalue weighted by atomic mass is 9.68. The highest BCUT2D eigenvalue weighted by Gasteiger charge is 2.45. The van der Waals surface area contributed by atoms with Crippen LogP contribution in [0.3, 0.4) is 0 Å². The first-order valence-corrected chi connectivity index (χ1v) is 10.00. The molecule has 4 rings (SSSR count). The molecule has 1 atom stereocenters. The van der Waals surface area contributed by atoms with Crippen LogP contribution >= 0.6 is 0 Å². The summed E-state index contributed by atoms with van der Waals surface area (Å²) in [6.45, 7) is 5.00. The molecule has 1 aromatic rings. The molecule has 3 amide bonds. The minimum absolute atomic E-state index is 0.0635. The number of piperidine rings is 2. The first kappa shape index (κ1) is 18.3. The van der Waals surface area contributed by atoms with E-state index in [4.69, 9.17) is 4.74 Å². The largest absolute Gasteiger partial charge is 0.378 e. The molecule has 3 aliphatic heterocycles. The molecule has 6 heteroatoms. The van der Waals surface area contributed by atoms with Gasteiger partial charge < -0.3 is 19.4 Å². The number of rotatable bonds is 1. The first-order chi connectivity index (χ1) is 13.1. The summed E-state index contributed by atoms with van der Waals surface area (Å²) in [5, 5.41) is 0. The number of carbonyl (C=O) groups is 2. The molecule has 3 heterocycles. The van der Waals surface area contributed by atoms with Crippen LogP contribution in [-0.2, 0) is 9.53 Å². The van der Waals surface area contributed by atoms with Gasteiger partial charge in [0.15, 0.2) is 0 Å². The molecular weight excluding hydrogens is 342 g/mol. The number of morpholine rings is 1. The maximum atomic E-state index is 12.8. The smallest absolute Gasteiger partial charge is 0.320 e. The van der Waals surface area contributed by atoms with Crippen LogP contribution in [0.2, 0.25) is 0 Å². The molecule has 3 aliphatic rings. The minimum Gasteiger partial charge on any atom is -0.378 e. The predicted molar refractivity (Wildman–Crippen MR) is 102 cm³/mol. The Morgan fingerprint density at radius 2 is 1.67 bits per heavy atom. The standard InChI is InChI=1S/C21H29N3O3/c1-22-16-21(15-18(19(22)25)17-5-3-2-4-6-17)7-9-23(10-8-21)20(26)24-11-13-27-14-12-24/h2-6,18H,7-16H2,1H3. The number of urea groups is 1. The van der Waals surface area contributed by atoms with Gasteiger partial charge in [0.2, 0.25) is 5.91 Å². The number of amides is 3. The zero-order valence-corrected chi connectivity index (χ0v) is 16.1. The lowest BCUT2D eigenvalue weighted by molar-refractivity contribution is -0.139. The molecule has 0 aliphatic carbocycles. The van der Waals surface area contributed by atoms with E-state index in [0.29, 0.717) is 26.3 Å². The van der Waals surface area contributed by atoms with Crippen LogP contribution in [0.4, 0.5) is 4.79 Å². The van der Waals surface area contributed by atoms with Crippen molar-refractivity contribution in [3.8, 4) is 0 Å². The van der Waals surface area contributed by atoms with E-state index < -0.39 is 0 Å². The zero-order valence-electron chi connectivity index (χ0n) is 16.1. The van der Waals surface area contributed by atoms with Gasteiger partial charge in [-0.3, -0.25) is 4.79 Å². The van der Waals surface area contributed by atoms with Crippen molar-refractivity contribution in [1.82, 2.24) is 14.7 Å². The second-order valence-electron chi connectivity index (χ2n) is 8.23.